The number of nitrogens with zero attached hydrogens (tertiary/aromatic N) is 6. The summed E-state index contributed by atoms with van der Waals surface area (Å²) in [5.41, 5.74) is 3.93. The smallest absolute Gasteiger partial charge is 0.258 e. The van der Waals surface area contributed by atoms with Crippen molar-refractivity contribution < 1.29 is 37.8 Å². The van der Waals surface area contributed by atoms with Crippen LogP contribution in [-0.4, -0.2) is 161 Å². The maximum atomic E-state index is 15.0. The van der Waals surface area contributed by atoms with Gasteiger partial charge in [0, 0.05) is 68.9 Å². The Labute approximate surface area is 416 Å². The Balaban J connectivity index is 0.803. The number of halogens is 2. The number of hydrogen-bond acceptors (Lipinski definition) is 15. The summed E-state index contributed by atoms with van der Waals surface area (Å²) in [6.07, 6.45) is 2.86. The number of aromatic nitrogens is 3. The second kappa shape index (κ2) is 23.7. The van der Waals surface area contributed by atoms with Gasteiger partial charge >= 0.3 is 0 Å². The van der Waals surface area contributed by atoms with E-state index < -0.39 is 34.3 Å². The zero-order chi connectivity index (χ0) is 49.1. The third kappa shape index (κ3) is 13.4. The predicted molar refractivity (Wildman–Crippen MR) is 267 cm³/mol. The molecule has 372 valence electrons. The van der Waals surface area contributed by atoms with Gasteiger partial charge in [0.1, 0.15) is 28.7 Å². The fraction of sp³-hybridized carbons (Fsp3) is 0.521. The van der Waals surface area contributed by atoms with Crippen LogP contribution in [0.1, 0.15) is 61.1 Å². The van der Waals surface area contributed by atoms with E-state index in [-0.39, 0.29) is 24.7 Å². The Bertz CT molecular complexity index is 2420. The maximum absolute atomic E-state index is 15.0. The molecule has 2 aliphatic heterocycles. The number of amides is 4. The first-order chi connectivity index (χ1) is 33.2. The van der Waals surface area contributed by atoms with Crippen LogP contribution >= 0.6 is 34.7 Å². The molecular formula is C48H62ClFN10O7S2. The molecular weight excluding hydrogens is 947 g/mol. The molecule has 7 rings (SSSR count). The van der Waals surface area contributed by atoms with Crippen LogP contribution in [0.2, 0.25) is 5.02 Å². The van der Waals surface area contributed by atoms with Crippen molar-refractivity contribution in [1.82, 2.24) is 40.3 Å². The molecule has 0 bridgehead atoms. The predicted octanol–water partition coefficient (Wildman–Crippen LogP) is 5.95. The van der Waals surface area contributed by atoms with Gasteiger partial charge in [-0.15, -0.1) is 11.3 Å². The number of rotatable bonds is 23. The molecule has 17 nitrogen and oxygen atoms in total. The van der Waals surface area contributed by atoms with Crippen LogP contribution in [0.25, 0.3) is 10.4 Å². The highest BCUT2D eigenvalue weighted by atomic mass is 35.5. The Hall–Kier alpha value is -5.12. The highest BCUT2D eigenvalue weighted by Gasteiger charge is 2.53. The number of carbonyl (C=O) groups excluding carboxylic acids is 4. The zero-order valence-corrected chi connectivity index (χ0v) is 42.2. The van der Waals surface area contributed by atoms with E-state index in [0.29, 0.717) is 125 Å². The van der Waals surface area contributed by atoms with Crippen molar-refractivity contribution in [1.29, 1.82) is 0 Å². The number of thioether (sulfide) groups is 1. The number of nitrogens with one attached hydrogen (secondary N) is 4. The number of piperazine rings is 1. The number of hydrogen-bond donors (Lipinski definition) is 4. The van der Waals surface area contributed by atoms with Crippen LogP contribution in [0.3, 0.4) is 0 Å². The molecule has 4 heterocycles. The van der Waals surface area contributed by atoms with Crippen molar-refractivity contribution in [3.63, 3.8) is 0 Å². The van der Waals surface area contributed by atoms with Crippen LogP contribution in [0.4, 0.5) is 21.8 Å². The van der Waals surface area contributed by atoms with Gasteiger partial charge in [0.05, 0.1) is 61.5 Å². The van der Waals surface area contributed by atoms with Crippen molar-refractivity contribution >= 4 is 75.8 Å². The normalized spacial score (nSPS) is 17.3. The summed E-state index contributed by atoms with van der Waals surface area (Å²) in [6.45, 7) is 11.3. The van der Waals surface area contributed by atoms with Gasteiger partial charge in [-0.05, 0) is 75.8 Å². The minimum atomic E-state index is -1.97. The Morgan fingerprint density at radius 1 is 1.00 bits per heavy atom. The molecule has 3 aliphatic rings. The van der Waals surface area contributed by atoms with E-state index in [2.05, 4.69) is 41.1 Å². The number of ether oxygens (including phenoxy) is 3. The monoisotopic (exact) mass is 1010 g/mol. The average Bonchev–Trinajstić information content (AvgIpc) is 3.68. The summed E-state index contributed by atoms with van der Waals surface area (Å²) in [5.74, 6) is 0.263. The summed E-state index contributed by atoms with van der Waals surface area (Å²) >= 11 is 9.14. The molecule has 0 unspecified atom stereocenters. The highest BCUT2D eigenvalue weighted by molar-refractivity contribution is 8.00. The molecule has 1 saturated carbocycles. The summed E-state index contributed by atoms with van der Waals surface area (Å²) < 4.78 is 31.5. The first-order valence-electron chi connectivity index (χ1n) is 23.2. The fourth-order valence-corrected chi connectivity index (χ4v) is 10.3. The van der Waals surface area contributed by atoms with Crippen LogP contribution in [-0.2, 0) is 30.4 Å². The van der Waals surface area contributed by atoms with Crippen LogP contribution in [0.5, 0.6) is 5.75 Å². The number of likely N-dealkylation sites (tertiary alicyclic amines) is 1. The largest absolute Gasteiger partial charge is 0.495 e. The van der Waals surface area contributed by atoms with Gasteiger partial charge < -0.3 is 45.3 Å². The van der Waals surface area contributed by atoms with Gasteiger partial charge in [0.2, 0.25) is 17.8 Å². The van der Waals surface area contributed by atoms with Crippen LogP contribution < -0.4 is 26.0 Å². The lowest BCUT2D eigenvalue weighted by Gasteiger charge is -2.37. The lowest BCUT2D eigenvalue weighted by molar-refractivity contribution is -0.143. The third-order valence-corrected chi connectivity index (χ3v) is 15.1. The molecule has 2 saturated heterocycles. The molecule has 0 radical (unpaired) electrons. The molecule has 4 amide bonds. The van der Waals surface area contributed by atoms with Gasteiger partial charge in [-0.25, -0.2) is 14.4 Å². The zero-order valence-electron chi connectivity index (χ0n) is 39.8. The summed E-state index contributed by atoms with van der Waals surface area (Å²) in [7, 11) is 3.26. The van der Waals surface area contributed by atoms with E-state index in [0.717, 1.165) is 21.7 Å². The van der Waals surface area contributed by atoms with Crippen molar-refractivity contribution in [3.8, 4) is 16.2 Å². The van der Waals surface area contributed by atoms with Gasteiger partial charge in [0.15, 0.2) is 5.67 Å². The highest BCUT2D eigenvalue weighted by Crippen LogP contribution is 2.41. The van der Waals surface area contributed by atoms with E-state index in [4.69, 9.17) is 25.8 Å². The number of carbonyl (C=O) groups is 4. The number of alkyl halides is 1. The van der Waals surface area contributed by atoms with Gasteiger partial charge in [-0.3, -0.25) is 24.1 Å². The Kier molecular flexibility index (Phi) is 17.7. The van der Waals surface area contributed by atoms with Crippen LogP contribution in [0, 0.1) is 6.92 Å². The SMILES string of the molecule is CNc1nc(Nc2ccc(C(=O)N3CCN(CCOCCOCCSC(C)(C)[C@H](NC(=O)C4(F)CC4)C(=O)N4CCC[C@H]4C(=O)NCc4ccc(-c5scnc5C)cc4)CC3)cc2OC)ncc1Cl. The first kappa shape index (κ1) is 51.7. The van der Waals surface area contributed by atoms with E-state index in [1.54, 1.807) is 41.5 Å². The number of benzene rings is 2. The Morgan fingerprint density at radius 2 is 1.74 bits per heavy atom. The van der Waals surface area contributed by atoms with Gasteiger partial charge in [-0.2, -0.15) is 16.7 Å². The standard InChI is InChI=1S/C48H62ClFN10O7S2/c1-31-39(68-30-54-31)33-10-8-32(9-11-33)28-52-42(61)37-7-6-16-60(37)44(63)40(56-45(64)48(50)14-15-48)47(2,3)69-26-25-67-24-23-66-22-21-58-17-19-59(20-18-58)43(62)34-12-13-36(38(27-34)65-5)55-46-53-29-35(49)41(51-4)57-46/h8-13,27,29-30,37,40H,6-7,14-26,28H2,1-5H3,(H,52,61)(H,56,64)(H2,51,53,55,57)/t37-,40+/m0/s1. The minimum Gasteiger partial charge on any atom is -0.495 e. The molecule has 4 aromatic rings. The summed E-state index contributed by atoms with van der Waals surface area (Å²) in [4.78, 5) is 74.0. The van der Waals surface area contributed by atoms with Gasteiger partial charge in [-0.1, -0.05) is 35.9 Å². The summed E-state index contributed by atoms with van der Waals surface area (Å²) in [6, 6.07) is 11.4. The molecule has 1 aliphatic carbocycles. The molecule has 69 heavy (non-hydrogen) atoms. The number of methoxy groups -OCH3 is 1. The quantitative estimate of drug-likeness (QED) is 0.0637. The number of thiazole rings is 1. The Morgan fingerprint density at radius 3 is 2.42 bits per heavy atom. The maximum Gasteiger partial charge on any atom is 0.258 e. The molecule has 2 aromatic carbocycles. The molecule has 4 N–H and O–H groups in total. The summed E-state index contributed by atoms with van der Waals surface area (Å²) in [5, 5.41) is 12.2. The van der Waals surface area contributed by atoms with E-state index >= 15 is 0 Å². The fourth-order valence-electron chi connectivity index (χ4n) is 8.23. The number of anilines is 3. The van der Waals surface area contributed by atoms with Crippen molar-refractivity contribution in [2.75, 3.05) is 96.2 Å². The second-order valence-electron chi connectivity index (χ2n) is 17.7. The minimum absolute atomic E-state index is 0.0786. The molecule has 2 aromatic heterocycles. The van der Waals surface area contributed by atoms with Gasteiger partial charge in [0.25, 0.3) is 11.8 Å². The first-order valence-corrected chi connectivity index (χ1v) is 25.5. The third-order valence-electron chi connectivity index (χ3n) is 12.5. The second-order valence-corrected chi connectivity index (χ2v) is 20.7. The van der Waals surface area contributed by atoms with Crippen LogP contribution in [0.15, 0.2) is 54.2 Å². The molecule has 21 heteroatoms. The van der Waals surface area contributed by atoms with E-state index in [9.17, 15) is 23.6 Å². The number of aryl methyl sites for hydroxylation is 1. The topological polar surface area (TPSA) is 192 Å². The molecule has 2 atom stereocenters. The lowest BCUT2D eigenvalue weighted by atomic mass is 10.00. The molecule has 0 spiro atoms. The van der Waals surface area contributed by atoms with Crippen molar-refractivity contribution in [3.05, 3.63) is 76.0 Å². The van der Waals surface area contributed by atoms with Crippen molar-refractivity contribution in [2.45, 2.75) is 75.5 Å². The average molecular weight is 1010 g/mol. The van der Waals surface area contributed by atoms with E-state index in [1.165, 1.54) is 25.1 Å². The van der Waals surface area contributed by atoms with E-state index in [1.807, 2.05) is 55.4 Å². The molecule has 3 fully saturated rings. The lowest BCUT2D eigenvalue weighted by Crippen LogP contribution is -2.61. The van der Waals surface area contributed by atoms with Crippen molar-refractivity contribution in [2.24, 2.45) is 0 Å².